The van der Waals surface area contributed by atoms with Crippen LogP contribution in [0.15, 0.2) is 30.5 Å². The Labute approximate surface area is 117 Å². The first-order valence-electron chi connectivity index (χ1n) is 6.20. The standard InChI is InChI=1S/C15H19NO2S/c1-15(2,3)12-8-7-11(19-12)14(17)13-10(18-4)6-5-9-16-13/h5-9,14,17H,1-4H3. The number of hydrogen-bond acceptors (Lipinski definition) is 4. The van der Waals surface area contributed by atoms with E-state index < -0.39 is 6.10 Å². The van der Waals surface area contributed by atoms with Gasteiger partial charge in [0, 0.05) is 16.0 Å². The molecule has 1 atom stereocenters. The molecule has 4 heteroatoms. The molecule has 3 nitrogen and oxygen atoms in total. The molecule has 1 N–H and O–H groups in total. The number of hydrogen-bond donors (Lipinski definition) is 1. The van der Waals surface area contributed by atoms with Crippen molar-refractivity contribution in [1.82, 2.24) is 4.98 Å². The highest BCUT2D eigenvalue weighted by molar-refractivity contribution is 7.12. The maximum absolute atomic E-state index is 10.5. The van der Waals surface area contributed by atoms with Crippen LogP contribution < -0.4 is 4.74 Å². The normalized spacial score (nSPS) is 13.3. The van der Waals surface area contributed by atoms with Crippen LogP contribution in [0.5, 0.6) is 5.75 Å². The van der Waals surface area contributed by atoms with E-state index in [1.54, 1.807) is 30.7 Å². The number of aromatic nitrogens is 1. The molecule has 2 aromatic heterocycles. The van der Waals surface area contributed by atoms with Gasteiger partial charge >= 0.3 is 0 Å². The lowest BCUT2D eigenvalue weighted by Crippen LogP contribution is -2.08. The van der Waals surface area contributed by atoms with Gasteiger partial charge in [0.05, 0.1) is 7.11 Å². The van der Waals surface area contributed by atoms with Crippen molar-refractivity contribution >= 4 is 11.3 Å². The van der Waals surface area contributed by atoms with E-state index in [-0.39, 0.29) is 5.41 Å². The molecule has 0 aliphatic rings. The number of aliphatic hydroxyl groups excluding tert-OH is 1. The third kappa shape index (κ3) is 2.96. The second kappa shape index (κ2) is 5.31. The lowest BCUT2D eigenvalue weighted by atomic mass is 9.95. The number of rotatable bonds is 3. The fourth-order valence-electron chi connectivity index (χ4n) is 1.82. The van der Waals surface area contributed by atoms with Crippen molar-refractivity contribution in [3.8, 4) is 5.75 Å². The maximum Gasteiger partial charge on any atom is 0.143 e. The average molecular weight is 277 g/mol. The predicted octanol–water partition coefficient (Wildman–Crippen LogP) is 3.53. The summed E-state index contributed by atoms with van der Waals surface area (Å²) in [6.07, 6.45) is 0.927. The molecule has 0 radical (unpaired) electrons. The molecule has 0 aliphatic carbocycles. The zero-order valence-electron chi connectivity index (χ0n) is 11.7. The Bertz CT molecular complexity index is 557. The molecule has 0 fully saturated rings. The van der Waals surface area contributed by atoms with Gasteiger partial charge in [0.1, 0.15) is 17.5 Å². The summed E-state index contributed by atoms with van der Waals surface area (Å²) in [5.74, 6) is 0.612. The van der Waals surface area contributed by atoms with Gasteiger partial charge < -0.3 is 9.84 Å². The molecule has 2 heterocycles. The van der Waals surface area contributed by atoms with Gasteiger partial charge in [0.25, 0.3) is 0 Å². The number of pyridine rings is 1. The quantitative estimate of drug-likeness (QED) is 0.933. The van der Waals surface area contributed by atoms with E-state index in [1.165, 1.54) is 4.88 Å². The van der Waals surface area contributed by atoms with Crippen molar-refractivity contribution in [2.24, 2.45) is 0 Å². The van der Waals surface area contributed by atoms with Gasteiger partial charge in [-0.25, -0.2) is 0 Å². The smallest absolute Gasteiger partial charge is 0.143 e. The van der Waals surface area contributed by atoms with Crippen molar-refractivity contribution in [2.75, 3.05) is 7.11 Å². The van der Waals surface area contributed by atoms with Crippen molar-refractivity contribution in [3.05, 3.63) is 45.9 Å². The number of methoxy groups -OCH3 is 1. The molecule has 2 aromatic rings. The van der Waals surface area contributed by atoms with E-state index >= 15 is 0 Å². The summed E-state index contributed by atoms with van der Waals surface area (Å²) in [4.78, 5) is 6.37. The first kappa shape index (κ1) is 14.0. The summed E-state index contributed by atoms with van der Waals surface area (Å²) in [6.45, 7) is 6.49. The van der Waals surface area contributed by atoms with E-state index in [0.717, 1.165) is 4.88 Å². The SMILES string of the molecule is COc1cccnc1C(O)c1ccc(C(C)(C)C)s1. The van der Waals surface area contributed by atoms with Gasteiger partial charge in [-0.3, -0.25) is 4.98 Å². The molecule has 0 bridgehead atoms. The number of thiophene rings is 1. The third-order valence-corrected chi connectivity index (χ3v) is 4.48. The Morgan fingerprint density at radius 2 is 2.00 bits per heavy atom. The van der Waals surface area contributed by atoms with Crippen LogP contribution in [0.1, 0.15) is 42.3 Å². The topological polar surface area (TPSA) is 42.4 Å². The molecule has 0 saturated heterocycles. The highest BCUT2D eigenvalue weighted by Gasteiger charge is 2.22. The lowest BCUT2D eigenvalue weighted by molar-refractivity contribution is 0.213. The van der Waals surface area contributed by atoms with Crippen LogP contribution in [0, 0.1) is 0 Å². The monoisotopic (exact) mass is 277 g/mol. The average Bonchev–Trinajstić information content (AvgIpc) is 2.87. The van der Waals surface area contributed by atoms with Crippen LogP contribution in [0.4, 0.5) is 0 Å². The molecule has 0 aromatic carbocycles. The second-order valence-corrected chi connectivity index (χ2v) is 6.56. The largest absolute Gasteiger partial charge is 0.495 e. The minimum atomic E-state index is -0.739. The highest BCUT2D eigenvalue weighted by atomic mass is 32.1. The Kier molecular flexibility index (Phi) is 3.92. The molecular formula is C15H19NO2S. The van der Waals surface area contributed by atoms with Gasteiger partial charge in [0.2, 0.25) is 0 Å². The minimum Gasteiger partial charge on any atom is -0.495 e. The van der Waals surface area contributed by atoms with Crippen LogP contribution >= 0.6 is 11.3 Å². The van der Waals surface area contributed by atoms with Crippen LogP contribution in [-0.4, -0.2) is 17.2 Å². The van der Waals surface area contributed by atoms with Crippen molar-refractivity contribution < 1.29 is 9.84 Å². The maximum atomic E-state index is 10.5. The molecule has 0 aliphatic heterocycles. The van der Waals surface area contributed by atoms with Crippen LogP contribution in [0.2, 0.25) is 0 Å². The van der Waals surface area contributed by atoms with Gasteiger partial charge in [0.15, 0.2) is 0 Å². The van der Waals surface area contributed by atoms with Gasteiger partial charge in [-0.1, -0.05) is 20.8 Å². The molecule has 0 amide bonds. The predicted molar refractivity (Wildman–Crippen MR) is 77.9 cm³/mol. The minimum absolute atomic E-state index is 0.0941. The summed E-state index contributed by atoms with van der Waals surface area (Å²) < 4.78 is 5.24. The lowest BCUT2D eigenvalue weighted by Gasteiger charge is -2.16. The number of ether oxygens (including phenoxy) is 1. The van der Waals surface area contributed by atoms with Gasteiger partial charge in [-0.2, -0.15) is 0 Å². The van der Waals surface area contributed by atoms with Crippen LogP contribution in [-0.2, 0) is 5.41 Å². The Hall–Kier alpha value is -1.39. The molecule has 2 rings (SSSR count). The summed E-state index contributed by atoms with van der Waals surface area (Å²) in [5, 5.41) is 10.5. The van der Waals surface area contributed by atoms with E-state index in [0.29, 0.717) is 11.4 Å². The van der Waals surface area contributed by atoms with Crippen molar-refractivity contribution in [3.63, 3.8) is 0 Å². The molecular weight excluding hydrogens is 258 g/mol. The third-order valence-electron chi connectivity index (χ3n) is 2.91. The zero-order chi connectivity index (χ0) is 14.0. The van der Waals surface area contributed by atoms with Crippen LogP contribution in [0.3, 0.4) is 0 Å². The first-order chi connectivity index (χ1) is 8.93. The van der Waals surface area contributed by atoms with Gasteiger partial charge in [-0.05, 0) is 29.7 Å². The molecule has 0 spiro atoms. The van der Waals surface area contributed by atoms with Crippen molar-refractivity contribution in [2.45, 2.75) is 32.3 Å². The summed E-state index contributed by atoms with van der Waals surface area (Å²) in [7, 11) is 1.59. The van der Waals surface area contributed by atoms with E-state index in [2.05, 4.69) is 31.8 Å². The molecule has 102 valence electrons. The number of nitrogens with zero attached hydrogens (tertiary/aromatic N) is 1. The first-order valence-corrected chi connectivity index (χ1v) is 7.02. The summed E-state index contributed by atoms with van der Waals surface area (Å²) in [5.41, 5.74) is 0.656. The molecule has 0 saturated carbocycles. The summed E-state index contributed by atoms with van der Waals surface area (Å²) in [6, 6.07) is 7.64. The Balaban J connectivity index is 2.34. The highest BCUT2D eigenvalue weighted by Crippen LogP contribution is 2.36. The van der Waals surface area contributed by atoms with Gasteiger partial charge in [-0.15, -0.1) is 11.3 Å². The van der Waals surface area contributed by atoms with E-state index in [4.69, 9.17) is 4.74 Å². The second-order valence-electron chi connectivity index (χ2n) is 5.45. The fraction of sp³-hybridized carbons (Fsp3) is 0.400. The Morgan fingerprint density at radius 3 is 2.58 bits per heavy atom. The van der Waals surface area contributed by atoms with E-state index in [1.807, 2.05) is 12.1 Å². The fourth-order valence-corrected chi connectivity index (χ4v) is 2.87. The zero-order valence-corrected chi connectivity index (χ0v) is 12.5. The summed E-state index contributed by atoms with van der Waals surface area (Å²) >= 11 is 1.62. The van der Waals surface area contributed by atoms with Crippen molar-refractivity contribution in [1.29, 1.82) is 0 Å². The Morgan fingerprint density at radius 1 is 1.26 bits per heavy atom. The molecule has 19 heavy (non-hydrogen) atoms. The van der Waals surface area contributed by atoms with E-state index in [9.17, 15) is 5.11 Å². The van der Waals surface area contributed by atoms with Crippen LogP contribution in [0.25, 0.3) is 0 Å². The number of aliphatic hydroxyl groups is 1. The molecule has 1 unspecified atom stereocenters.